The van der Waals surface area contributed by atoms with E-state index < -0.39 is 0 Å². The van der Waals surface area contributed by atoms with Gasteiger partial charge in [0, 0.05) is 11.4 Å². The van der Waals surface area contributed by atoms with Crippen molar-refractivity contribution in [2.75, 3.05) is 24.4 Å². The molecule has 0 unspecified atom stereocenters. The Labute approximate surface area is 136 Å². The monoisotopic (exact) mass is 316 g/mol. The molecule has 116 valence electrons. The number of rotatable bonds is 5. The van der Waals surface area contributed by atoms with Crippen LogP contribution < -0.4 is 20.1 Å². The van der Waals surface area contributed by atoms with Gasteiger partial charge in [-0.15, -0.1) is 0 Å². The molecule has 0 bridgehead atoms. The van der Waals surface area contributed by atoms with Crippen molar-refractivity contribution >= 4 is 28.7 Å². The first-order valence-electron chi connectivity index (χ1n) is 7.08. The van der Waals surface area contributed by atoms with E-state index in [4.69, 9.17) is 21.7 Å². The molecule has 0 aromatic heterocycles. The molecule has 22 heavy (non-hydrogen) atoms. The minimum absolute atomic E-state index is 0.539. The first-order valence-corrected chi connectivity index (χ1v) is 7.48. The molecule has 0 aliphatic heterocycles. The van der Waals surface area contributed by atoms with Gasteiger partial charge in [-0.25, -0.2) is 0 Å². The van der Waals surface area contributed by atoms with Gasteiger partial charge < -0.3 is 20.1 Å². The van der Waals surface area contributed by atoms with Crippen molar-refractivity contribution in [2.45, 2.75) is 13.8 Å². The fourth-order valence-corrected chi connectivity index (χ4v) is 2.22. The highest BCUT2D eigenvalue weighted by Gasteiger charge is 2.03. The van der Waals surface area contributed by atoms with Gasteiger partial charge in [-0.05, 0) is 74.1 Å². The van der Waals surface area contributed by atoms with Crippen LogP contribution in [-0.4, -0.2) is 18.8 Å². The molecular weight excluding hydrogens is 296 g/mol. The number of hydrogen-bond acceptors (Lipinski definition) is 3. The van der Waals surface area contributed by atoms with Crippen molar-refractivity contribution in [3.8, 4) is 11.5 Å². The molecule has 5 heteroatoms. The van der Waals surface area contributed by atoms with Crippen molar-refractivity contribution in [3.05, 3.63) is 48.0 Å². The highest BCUT2D eigenvalue weighted by atomic mass is 32.1. The zero-order chi connectivity index (χ0) is 15.9. The van der Waals surface area contributed by atoms with Crippen LogP contribution in [0.4, 0.5) is 11.4 Å². The maximum Gasteiger partial charge on any atom is 0.175 e. The summed E-state index contributed by atoms with van der Waals surface area (Å²) in [5, 5.41) is 6.87. The van der Waals surface area contributed by atoms with E-state index in [-0.39, 0.29) is 0 Å². The van der Waals surface area contributed by atoms with Gasteiger partial charge >= 0.3 is 0 Å². The van der Waals surface area contributed by atoms with Crippen molar-refractivity contribution in [3.63, 3.8) is 0 Å². The minimum atomic E-state index is 0.539. The fraction of sp³-hybridized carbons (Fsp3) is 0.235. The summed E-state index contributed by atoms with van der Waals surface area (Å²) in [6.45, 7) is 4.62. The maximum absolute atomic E-state index is 5.41. The third kappa shape index (κ3) is 4.36. The Morgan fingerprint density at radius 1 is 1.05 bits per heavy atom. The zero-order valence-electron chi connectivity index (χ0n) is 13.0. The second-order valence-corrected chi connectivity index (χ2v) is 5.13. The lowest BCUT2D eigenvalue weighted by Crippen LogP contribution is -2.19. The Hall–Kier alpha value is -2.27. The summed E-state index contributed by atoms with van der Waals surface area (Å²) in [5.41, 5.74) is 2.92. The third-order valence-corrected chi connectivity index (χ3v) is 3.31. The molecule has 0 saturated heterocycles. The van der Waals surface area contributed by atoms with Crippen molar-refractivity contribution in [1.29, 1.82) is 0 Å². The van der Waals surface area contributed by atoms with Crippen LogP contribution in [0.2, 0.25) is 0 Å². The van der Waals surface area contributed by atoms with Crippen LogP contribution in [0.15, 0.2) is 42.5 Å². The smallest absolute Gasteiger partial charge is 0.175 e. The molecule has 0 radical (unpaired) electrons. The molecule has 0 amide bonds. The van der Waals surface area contributed by atoms with Crippen LogP contribution in [0.3, 0.4) is 0 Å². The third-order valence-electron chi connectivity index (χ3n) is 3.10. The molecule has 4 nitrogen and oxygen atoms in total. The normalized spacial score (nSPS) is 9.95. The van der Waals surface area contributed by atoms with Crippen LogP contribution in [0.25, 0.3) is 0 Å². The first-order chi connectivity index (χ1) is 10.6. The van der Waals surface area contributed by atoms with E-state index in [9.17, 15) is 0 Å². The van der Waals surface area contributed by atoms with Gasteiger partial charge in [0.25, 0.3) is 0 Å². The van der Waals surface area contributed by atoms with Gasteiger partial charge in [0.2, 0.25) is 0 Å². The van der Waals surface area contributed by atoms with Gasteiger partial charge in [-0.1, -0.05) is 0 Å². The Bertz CT molecular complexity index is 642. The number of thiocarbonyl (C=S) groups is 1. The molecule has 0 atom stereocenters. The van der Waals surface area contributed by atoms with Gasteiger partial charge in [-0.2, -0.15) is 0 Å². The summed E-state index contributed by atoms with van der Waals surface area (Å²) in [7, 11) is 1.65. The van der Waals surface area contributed by atoms with Gasteiger partial charge in [0.1, 0.15) is 11.5 Å². The lowest BCUT2D eigenvalue weighted by atomic mass is 10.2. The molecule has 2 N–H and O–H groups in total. The molecule has 0 spiro atoms. The van der Waals surface area contributed by atoms with E-state index in [1.165, 1.54) is 0 Å². The number of benzene rings is 2. The summed E-state index contributed by atoms with van der Waals surface area (Å²) in [4.78, 5) is 0. The number of aryl methyl sites for hydroxylation is 1. The molecule has 0 fully saturated rings. The van der Waals surface area contributed by atoms with Gasteiger partial charge in [-0.3, -0.25) is 0 Å². The van der Waals surface area contributed by atoms with Crippen molar-refractivity contribution < 1.29 is 9.47 Å². The predicted octanol–water partition coefficient (Wildman–Crippen LogP) is 4.21. The van der Waals surface area contributed by atoms with Gasteiger partial charge in [0.05, 0.1) is 13.7 Å². The van der Waals surface area contributed by atoms with Crippen molar-refractivity contribution in [1.82, 2.24) is 0 Å². The van der Waals surface area contributed by atoms with Crippen LogP contribution >= 0.6 is 12.2 Å². The molecule has 2 aromatic carbocycles. The van der Waals surface area contributed by atoms with E-state index in [2.05, 4.69) is 10.6 Å². The number of methoxy groups -OCH3 is 1. The lowest BCUT2D eigenvalue weighted by Gasteiger charge is -2.13. The van der Waals surface area contributed by atoms with E-state index in [0.29, 0.717) is 11.7 Å². The van der Waals surface area contributed by atoms with Crippen LogP contribution in [0.5, 0.6) is 11.5 Å². The molecule has 0 heterocycles. The molecule has 0 aliphatic rings. The molecule has 0 saturated carbocycles. The van der Waals surface area contributed by atoms with Crippen LogP contribution in [0, 0.1) is 6.92 Å². The summed E-state index contributed by atoms with van der Waals surface area (Å²) in [5.74, 6) is 1.67. The Kier molecular flexibility index (Phi) is 5.61. The van der Waals surface area contributed by atoms with E-state index >= 15 is 0 Å². The number of anilines is 2. The van der Waals surface area contributed by atoms with Gasteiger partial charge in [0.15, 0.2) is 5.11 Å². The second kappa shape index (κ2) is 7.66. The summed E-state index contributed by atoms with van der Waals surface area (Å²) in [6, 6.07) is 13.5. The number of nitrogens with one attached hydrogen (secondary N) is 2. The second-order valence-electron chi connectivity index (χ2n) is 4.72. The molecular formula is C17H20N2O2S. The quantitative estimate of drug-likeness (QED) is 0.809. The van der Waals surface area contributed by atoms with E-state index in [1.807, 2.05) is 56.3 Å². The molecule has 2 aromatic rings. The van der Waals surface area contributed by atoms with E-state index in [0.717, 1.165) is 28.4 Å². The molecule has 0 aliphatic carbocycles. The highest BCUT2D eigenvalue weighted by molar-refractivity contribution is 7.80. The summed E-state index contributed by atoms with van der Waals surface area (Å²) in [6.07, 6.45) is 0. The average Bonchev–Trinajstić information content (AvgIpc) is 2.51. The SMILES string of the molecule is CCOc1ccc(NC(=S)Nc2ccc(OC)cc2C)cc1. The predicted molar refractivity (Wildman–Crippen MR) is 95.2 cm³/mol. The zero-order valence-corrected chi connectivity index (χ0v) is 13.8. The highest BCUT2D eigenvalue weighted by Crippen LogP contribution is 2.21. The lowest BCUT2D eigenvalue weighted by molar-refractivity contribution is 0.340. The summed E-state index contributed by atoms with van der Waals surface area (Å²) >= 11 is 5.34. The maximum atomic E-state index is 5.41. The Balaban J connectivity index is 1.97. The topological polar surface area (TPSA) is 42.5 Å². The number of ether oxygens (including phenoxy) is 2. The Morgan fingerprint density at radius 3 is 2.32 bits per heavy atom. The van der Waals surface area contributed by atoms with E-state index in [1.54, 1.807) is 7.11 Å². The standard InChI is InChI=1S/C17H20N2O2S/c1-4-21-14-7-5-13(6-8-14)18-17(22)19-16-10-9-15(20-3)11-12(16)2/h5-11H,4H2,1-3H3,(H2,18,19,22). The summed E-state index contributed by atoms with van der Waals surface area (Å²) < 4.78 is 10.6. The largest absolute Gasteiger partial charge is 0.497 e. The first kappa shape index (κ1) is 16.1. The van der Waals surface area contributed by atoms with Crippen LogP contribution in [0.1, 0.15) is 12.5 Å². The van der Waals surface area contributed by atoms with Crippen LogP contribution in [-0.2, 0) is 0 Å². The average molecular weight is 316 g/mol. The fourth-order valence-electron chi connectivity index (χ4n) is 1.99. The Morgan fingerprint density at radius 2 is 1.73 bits per heavy atom. The number of hydrogen-bond donors (Lipinski definition) is 2. The molecule has 2 rings (SSSR count). The minimum Gasteiger partial charge on any atom is -0.497 e. The van der Waals surface area contributed by atoms with Crippen molar-refractivity contribution in [2.24, 2.45) is 0 Å².